The molecule has 1 atom stereocenters. The fraction of sp³-hybridized carbons (Fsp3) is 0.300. The van der Waals surface area contributed by atoms with Crippen molar-refractivity contribution in [2.45, 2.75) is 19.4 Å². The number of carboxylic acid groups (broad SMARTS) is 1. The van der Waals surface area contributed by atoms with Crippen LogP contribution in [0.25, 0.3) is 0 Å². The first-order valence-corrected chi connectivity index (χ1v) is 4.16. The van der Waals surface area contributed by atoms with Gasteiger partial charge in [-0.05, 0) is 18.6 Å². The van der Waals surface area contributed by atoms with E-state index >= 15 is 0 Å². The average molecular weight is 179 g/mol. The Morgan fingerprint density at radius 3 is 2.54 bits per heavy atom. The Morgan fingerprint density at radius 2 is 2.08 bits per heavy atom. The summed E-state index contributed by atoms with van der Waals surface area (Å²) in [6.07, 6.45) is -0.459. The maximum atomic E-state index is 10.5. The Labute approximate surface area is 77.0 Å². The molecule has 0 amide bonds. The van der Waals surface area contributed by atoms with Gasteiger partial charge < -0.3 is 14.6 Å². The van der Waals surface area contributed by atoms with Crippen molar-refractivity contribution in [2.24, 2.45) is 0 Å². The molecule has 0 fully saturated rings. The van der Waals surface area contributed by atoms with Crippen LogP contribution in [0, 0.1) is 0 Å². The predicted molar refractivity (Wildman–Crippen MR) is 46.2 cm³/mol. The molecule has 0 aliphatic heterocycles. The van der Waals surface area contributed by atoms with E-state index in [0.29, 0.717) is 12.2 Å². The van der Waals surface area contributed by atoms with Crippen molar-refractivity contribution < 1.29 is 14.6 Å². The van der Waals surface area contributed by atoms with E-state index in [1.165, 1.54) is 0 Å². The molecular formula is C10H11O3-. The van der Waals surface area contributed by atoms with E-state index in [1.807, 2.05) is 6.07 Å². The highest BCUT2D eigenvalue weighted by molar-refractivity contribution is 5.70. The summed E-state index contributed by atoms with van der Waals surface area (Å²) in [6, 6.07) is 8.85. The molecule has 13 heavy (non-hydrogen) atoms. The summed E-state index contributed by atoms with van der Waals surface area (Å²) in [5.41, 5.74) is 0. The number of benzene rings is 1. The Hall–Kier alpha value is -1.51. The summed E-state index contributed by atoms with van der Waals surface area (Å²) in [5.74, 6) is -0.620. The van der Waals surface area contributed by atoms with Crippen molar-refractivity contribution in [3.8, 4) is 5.75 Å². The number of ether oxygens (including phenoxy) is 1. The summed E-state index contributed by atoms with van der Waals surface area (Å²) < 4.78 is 5.16. The van der Waals surface area contributed by atoms with Crippen molar-refractivity contribution in [1.29, 1.82) is 0 Å². The van der Waals surface area contributed by atoms with E-state index < -0.39 is 12.1 Å². The first-order valence-electron chi connectivity index (χ1n) is 4.16. The average Bonchev–Trinajstić information content (AvgIpc) is 2.15. The summed E-state index contributed by atoms with van der Waals surface area (Å²) in [5, 5.41) is 10.5. The molecule has 0 heterocycles. The van der Waals surface area contributed by atoms with Crippen molar-refractivity contribution in [1.82, 2.24) is 0 Å². The van der Waals surface area contributed by atoms with Gasteiger partial charge >= 0.3 is 0 Å². The maximum absolute atomic E-state index is 10.5. The SMILES string of the molecule is CC[C@H](Oc1ccccc1)C(=O)[O-]. The van der Waals surface area contributed by atoms with Crippen LogP contribution in [-0.2, 0) is 4.79 Å². The van der Waals surface area contributed by atoms with Gasteiger partial charge in [-0.15, -0.1) is 0 Å². The Bertz CT molecular complexity index is 269. The van der Waals surface area contributed by atoms with Crippen molar-refractivity contribution in [3.05, 3.63) is 30.3 Å². The molecule has 0 aliphatic carbocycles. The van der Waals surface area contributed by atoms with Gasteiger partial charge in [-0.1, -0.05) is 25.1 Å². The second-order valence-corrected chi connectivity index (χ2v) is 2.65. The van der Waals surface area contributed by atoms with Gasteiger partial charge in [0.1, 0.15) is 11.9 Å². The molecule has 0 N–H and O–H groups in total. The number of hydrogen-bond acceptors (Lipinski definition) is 3. The molecule has 1 rings (SSSR count). The summed E-state index contributed by atoms with van der Waals surface area (Å²) in [7, 11) is 0. The Balaban J connectivity index is 2.62. The minimum Gasteiger partial charge on any atom is -0.546 e. The van der Waals surface area contributed by atoms with E-state index in [4.69, 9.17) is 4.74 Å². The summed E-state index contributed by atoms with van der Waals surface area (Å²) in [6.45, 7) is 1.74. The predicted octanol–water partition coefficient (Wildman–Crippen LogP) is 0.594. The van der Waals surface area contributed by atoms with Crippen LogP contribution in [0.1, 0.15) is 13.3 Å². The molecule has 3 heteroatoms. The van der Waals surface area contributed by atoms with Crippen LogP contribution in [0.4, 0.5) is 0 Å². The zero-order valence-electron chi connectivity index (χ0n) is 7.40. The molecule has 0 spiro atoms. The van der Waals surface area contributed by atoms with Gasteiger partial charge in [-0.25, -0.2) is 0 Å². The summed E-state index contributed by atoms with van der Waals surface area (Å²) in [4.78, 5) is 10.5. The van der Waals surface area contributed by atoms with Gasteiger partial charge in [0, 0.05) is 0 Å². The third kappa shape index (κ3) is 2.78. The lowest BCUT2D eigenvalue weighted by atomic mass is 10.3. The van der Waals surface area contributed by atoms with Crippen LogP contribution in [0.2, 0.25) is 0 Å². The summed E-state index contributed by atoms with van der Waals surface area (Å²) >= 11 is 0. The first-order chi connectivity index (χ1) is 6.24. The highest BCUT2D eigenvalue weighted by Crippen LogP contribution is 2.11. The molecule has 0 bridgehead atoms. The van der Waals surface area contributed by atoms with E-state index in [1.54, 1.807) is 31.2 Å². The monoisotopic (exact) mass is 179 g/mol. The molecule has 0 saturated heterocycles. The standard InChI is InChI=1S/C10H12O3/c1-2-9(10(11)12)13-8-6-4-3-5-7-8/h3-7,9H,2H2,1H3,(H,11,12)/p-1/t9-/m0/s1. The van der Waals surface area contributed by atoms with E-state index in [9.17, 15) is 9.90 Å². The topological polar surface area (TPSA) is 49.4 Å². The van der Waals surface area contributed by atoms with E-state index in [0.717, 1.165) is 0 Å². The second-order valence-electron chi connectivity index (χ2n) is 2.65. The lowest BCUT2D eigenvalue weighted by Gasteiger charge is -2.17. The number of hydrogen-bond donors (Lipinski definition) is 0. The van der Waals surface area contributed by atoms with Gasteiger partial charge in [0.2, 0.25) is 0 Å². The number of carbonyl (C=O) groups is 1. The molecule has 1 aromatic rings. The van der Waals surface area contributed by atoms with Crippen LogP contribution in [-0.4, -0.2) is 12.1 Å². The van der Waals surface area contributed by atoms with E-state index in [2.05, 4.69) is 0 Å². The lowest BCUT2D eigenvalue weighted by Crippen LogP contribution is -2.39. The normalized spacial score (nSPS) is 12.1. The van der Waals surface area contributed by atoms with Crippen molar-refractivity contribution >= 4 is 5.97 Å². The second kappa shape index (κ2) is 4.50. The van der Waals surface area contributed by atoms with Gasteiger partial charge in [-0.2, -0.15) is 0 Å². The quantitative estimate of drug-likeness (QED) is 0.679. The van der Waals surface area contributed by atoms with Gasteiger partial charge in [-0.3, -0.25) is 0 Å². The highest BCUT2D eigenvalue weighted by atomic mass is 16.5. The van der Waals surface area contributed by atoms with Gasteiger partial charge in [0.25, 0.3) is 0 Å². The third-order valence-corrected chi connectivity index (χ3v) is 1.66. The molecule has 0 saturated carbocycles. The zero-order chi connectivity index (χ0) is 9.68. The number of carboxylic acids is 1. The number of rotatable bonds is 4. The third-order valence-electron chi connectivity index (χ3n) is 1.66. The minimum absolute atomic E-state index is 0.400. The largest absolute Gasteiger partial charge is 0.546 e. The van der Waals surface area contributed by atoms with Gasteiger partial charge in [0.05, 0.1) is 5.97 Å². The number of aliphatic carboxylic acids is 1. The first kappa shape index (κ1) is 9.58. The Kier molecular flexibility index (Phi) is 3.31. The highest BCUT2D eigenvalue weighted by Gasteiger charge is 2.07. The molecule has 3 nitrogen and oxygen atoms in total. The zero-order valence-corrected chi connectivity index (χ0v) is 7.40. The lowest BCUT2D eigenvalue weighted by molar-refractivity contribution is -0.313. The molecule has 70 valence electrons. The van der Waals surface area contributed by atoms with Crippen LogP contribution in [0.15, 0.2) is 30.3 Å². The van der Waals surface area contributed by atoms with Crippen molar-refractivity contribution in [3.63, 3.8) is 0 Å². The minimum atomic E-state index is -1.17. The fourth-order valence-electron chi connectivity index (χ4n) is 0.961. The molecule has 0 aromatic heterocycles. The van der Waals surface area contributed by atoms with Crippen LogP contribution in [0.3, 0.4) is 0 Å². The maximum Gasteiger partial charge on any atom is 0.138 e. The van der Waals surface area contributed by atoms with Crippen molar-refractivity contribution in [2.75, 3.05) is 0 Å². The smallest absolute Gasteiger partial charge is 0.138 e. The fourth-order valence-corrected chi connectivity index (χ4v) is 0.961. The van der Waals surface area contributed by atoms with Gasteiger partial charge in [0.15, 0.2) is 0 Å². The molecule has 0 unspecified atom stereocenters. The van der Waals surface area contributed by atoms with E-state index in [-0.39, 0.29) is 0 Å². The molecule has 0 radical (unpaired) electrons. The number of para-hydroxylation sites is 1. The van der Waals surface area contributed by atoms with Crippen LogP contribution < -0.4 is 9.84 Å². The molecule has 0 aliphatic rings. The number of carbonyl (C=O) groups excluding carboxylic acids is 1. The van der Waals surface area contributed by atoms with Crippen LogP contribution >= 0.6 is 0 Å². The molecular weight excluding hydrogens is 168 g/mol. The van der Waals surface area contributed by atoms with Crippen LogP contribution in [0.5, 0.6) is 5.75 Å². The Morgan fingerprint density at radius 1 is 1.46 bits per heavy atom. The molecule has 1 aromatic carbocycles.